The summed E-state index contributed by atoms with van der Waals surface area (Å²) in [4.78, 5) is 30.5. The molecule has 134 valence electrons. The first-order chi connectivity index (χ1) is 12.2. The number of aromatic amines is 1. The molecule has 0 spiro atoms. The average Bonchev–Trinajstić information content (AvgIpc) is 3.17. The van der Waals surface area contributed by atoms with Gasteiger partial charge in [-0.2, -0.15) is 0 Å². The van der Waals surface area contributed by atoms with Gasteiger partial charge in [0.2, 0.25) is 0 Å². The van der Waals surface area contributed by atoms with Gasteiger partial charge in [0.05, 0.1) is 30.7 Å². The number of nitrogens with zero attached hydrogens (tertiary/aromatic N) is 2. The number of nitrogens with one attached hydrogen (secondary N) is 1. The number of fused-ring (bicyclic) bond motifs is 1. The van der Waals surface area contributed by atoms with Gasteiger partial charge in [-0.25, -0.2) is 4.79 Å². The van der Waals surface area contributed by atoms with E-state index in [2.05, 4.69) is 9.88 Å². The van der Waals surface area contributed by atoms with Gasteiger partial charge >= 0.3 is 5.69 Å². The molecule has 0 amide bonds. The molecule has 2 aliphatic rings. The molecule has 0 unspecified atom stereocenters. The number of H-pyrrole nitrogens is 1. The van der Waals surface area contributed by atoms with Gasteiger partial charge in [0.25, 0.3) is 5.56 Å². The Balaban J connectivity index is 1.70. The van der Waals surface area contributed by atoms with E-state index in [0.29, 0.717) is 43.2 Å². The number of benzene rings is 1. The first kappa shape index (κ1) is 16.5. The van der Waals surface area contributed by atoms with Crippen molar-refractivity contribution < 1.29 is 9.47 Å². The van der Waals surface area contributed by atoms with Crippen molar-refractivity contribution in [1.29, 1.82) is 0 Å². The third-order valence-corrected chi connectivity index (χ3v) is 5.28. The quantitative estimate of drug-likeness (QED) is 0.869. The highest BCUT2D eigenvalue weighted by atomic mass is 16.5. The summed E-state index contributed by atoms with van der Waals surface area (Å²) in [5.41, 5.74) is 0.0123. The predicted octanol–water partition coefficient (Wildman–Crippen LogP) is 0.427. The van der Waals surface area contributed by atoms with Gasteiger partial charge in [0, 0.05) is 38.2 Å². The standard InChI is InChI=1S/C18H23N3O4/c22-17-14-3-1-2-4-15(14)19-18(23)21(17)11-16(13-5-8-25-12-13)20-6-9-24-10-7-20/h1-4,13,16H,5-12H2,(H,19,23)/t13-,16+/m1/s1. The molecule has 3 heterocycles. The zero-order valence-electron chi connectivity index (χ0n) is 14.1. The van der Waals surface area contributed by atoms with E-state index in [1.807, 2.05) is 12.1 Å². The van der Waals surface area contributed by atoms with Crippen LogP contribution in [0.25, 0.3) is 10.9 Å². The normalized spacial score (nSPS) is 23.1. The predicted molar refractivity (Wildman–Crippen MR) is 93.9 cm³/mol. The second-order valence-corrected chi connectivity index (χ2v) is 6.73. The molecule has 0 bridgehead atoms. The molecule has 0 saturated carbocycles. The van der Waals surface area contributed by atoms with Crippen LogP contribution in [0.15, 0.2) is 33.9 Å². The molecule has 1 aromatic carbocycles. The molecular weight excluding hydrogens is 322 g/mol. The summed E-state index contributed by atoms with van der Waals surface area (Å²) in [7, 11) is 0. The lowest BCUT2D eigenvalue weighted by Gasteiger charge is -2.37. The fourth-order valence-electron chi connectivity index (χ4n) is 3.88. The van der Waals surface area contributed by atoms with Crippen molar-refractivity contribution in [2.75, 3.05) is 39.5 Å². The minimum absolute atomic E-state index is 0.103. The summed E-state index contributed by atoms with van der Waals surface area (Å²) in [6.45, 7) is 4.83. The summed E-state index contributed by atoms with van der Waals surface area (Å²) in [5, 5.41) is 0.547. The SMILES string of the molecule is O=c1[nH]c2ccccc2c(=O)n1C[C@@H]([C@@H]1CCOC1)N1CCOCC1. The fourth-order valence-corrected chi connectivity index (χ4v) is 3.88. The number of para-hydroxylation sites is 1. The van der Waals surface area contributed by atoms with Gasteiger partial charge in [0.1, 0.15) is 0 Å². The van der Waals surface area contributed by atoms with Gasteiger partial charge in [-0.15, -0.1) is 0 Å². The van der Waals surface area contributed by atoms with Crippen molar-refractivity contribution in [3.63, 3.8) is 0 Å². The van der Waals surface area contributed by atoms with E-state index >= 15 is 0 Å². The molecule has 0 radical (unpaired) electrons. The molecule has 2 fully saturated rings. The zero-order chi connectivity index (χ0) is 17.2. The summed E-state index contributed by atoms with van der Waals surface area (Å²) in [6.07, 6.45) is 0.961. The molecular formula is C18H23N3O4. The van der Waals surface area contributed by atoms with Crippen LogP contribution in [0.4, 0.5) is 0 Å². The number of aromatic nitrogens is 2. The summed E-state index contributed by atoms with van der Waals surface area (Å²) < 4.78 is 12.4. The van der Waals surface area contributed by atoms with Gasteiger partial charge in [0.15, 0.2) is 0 Å². The number of hydrogen-bond donors (Lipinski definition) is 1. The summed E-state index contributed by atoms with van der Waals surface area (Å²) in [5.74, 6) is 0.330. The van der Waals surface area contributed by atoms with Crippen LogP contribution in [0.5, 0.6) is 0 Å². The van der Waals surface area contributed by atoms with Gasteiger partial charge in [-0.1, -0.05) is 12.1 Å². The van der Waals surface area contributed by atoms with E-state index in [4.69, 9.17) is 9.47 Å². The molecule has 7 heteroatoms. The van der Waals surface area contributed by atoms with E-state index in [9.17, 15) is 9.59 Å². The lowest BCUT2D eigenvalue weighted by Crippen LogP contribution is -2.52. The van der Waals surface area contributed by atoms with E-state index < -0.39 is 0 Å². The highest BCUT2D eigenvalue weighted by Gasteiger charge is 2.32. The highest BCUT2D eigenvalue weighted by molar-refractivity contribution is 5.76. The molecule has 0 aliphatic carbocycles. The van der Waals surface area contributed by atoms with Crippen LogP contribution in [0, 0.1) is 5.92 Å². The van der Waals surface area contributed by atoms with Gasteiger partial charge < -0.3 is 14.5 Å². The maximum atomic E-state index is 12.9. The molecule has 1 N–H and O–H groups in total. The maximum absolute atomic E-state index is 12.9. The molecule has 1 aromatic heterocycles. The Labute approximate surface area is 145 Å². The Kier molecular flexibility index (Phi) is 4.70. The van der Waals surface area contributed by atoms with Crippen LogP contribution in [-0.4, -0.2) is 60.0 Å². The van der Waals surface area contributed by atoms with Crippen LogP contribution in [0.1, 0.15) is 6.42 Å². The topological polar surface area (TPSA) is 76.6 Å². The monoisotopic (exact) mass is 345 g/mol. The smallest absolute Gasteiger partial charge is 0.328 e. The summed E-state index contributed by atoms with van der Waals surface area (Å²) >= 11 is 0. The Morgan fingerprint density at radius 1 is 1.12 bits per heavy atom. The van der Waals surface area contributed by atoms with Crippen molar-refractivity contribution in [2.24, 2.45) is 5.92 Å². The number of morpholine rings is 1. The van der Waals surface area contributed by atoms with Crippen LogP contribution >= 0.6 is 0 Å². The summed E-state index contributed by atoms with van der Waals surface area (Å²) in [6, 6.07) is 7.25. The molecule has 2 saturated heterocycles. The molecule has 25 heavy (non-hydrogen) atoms. The van der Waals surface area contributed by atoms with Crippen molar-refractivity contribution in [2.45, 2.75) is 19.0 Å². The van der Waals surface area contributed by atoms with Crippen LogP contribution in [0.2, 0.25) is 0 Å². The van der Waals surface area contributed by atoms with Gasteiger partial charge in [-0.05, 0) is 18.6 Å². The first-order valence-electron chi connectivity index (χ1n) is 8.85. The molecule has 2 aromatic rings. The third kappa shape index (κ3) is 3.27. The minimum atomic E-state index is -0.346. The van der Waals surface area contributed by atoms with Crippen molar-refractivity contribution in [1.82, 2.24) is 14.5 Å². The zero-order valence-corrected chi connectivity index (χ0v) is 14.1. The number of rotatable bonds is 4. The first-order valence-corrected chi connectivity index (χ1v) is 8.85. The van der Waals surface area contributed by atoms with Crippen molar-refractivity contribution in [3.8, 4) is 0 Å². The van der Waals surface area contributed by atoms with Crippen LogP contribution in [0.3, 0.4) is 0 Å². The highest BCUT2D eigenvalue weighted by Crippen LogP contribution is 2.23. The molecule has 7 nitrogen and oxygen atoms in total. The fraction of sp³-hybridized carbons (Fsp3) is 0.556. The van der Waals surface area contributed by atoms with Gasteiger partial charge in [-0.3, -0.25) is 14.3 Å². The Hall–Kier alpha value is -1.96. The Morgan fingerprint density at radius 2 is 1.92 bits per heavy atom. The lowest BCUT2D eigenvalue weighted by atomic mass is 9.96. The third-order valence-electron chi connectivity index (χ3n) is 5.28. The van der Waals surface area contributed by atoms with E-state index in [1.54, 1.807) is 12.1 Å². The molecule has 4 rings (SSSR count). The van der Waals surface area contributed by atoms with E-state index in [1.165, 1.54) is 4.57 Å². The Bertz CT molecular complexity index is 847. The van der Waals surface area contributed by atoms with E-state index in [0.717, 1.165) is 26.1 Å². The Morgan fingerprint density at radius 3 is 2.68 bits per heavy atom. The molecule has 2 atom stereocenters. The van der Waals surface area contributed by atoms with Crippen LogP contribution in [-0.2, 0) is 16.0 Å². The van der Waals surface area contributed by atoms with E-state index in [-0.39, 0.29) is 17.3 Å². The second-order valence-electron chi connectivity index (χ2n) is 6.73. The largest absolute Gasteiger partial charge is 0.381 e. The maximum Gasteiger partial charge on any atom is 0.328 e. The van der Waals surface area contributed by atoms with Crippen molar-refractivity contribution in [3.05, 3.63) is 45.1 Å². The number of hydrogen-bond acceptors (Lipinski definition) is 5. The number of ether oxygens (including phenoxy) is 2. The average molecular weight is 345 g/mol. The minimum Gasteiger partial charge on any atom is -0.381 e. The second kappa shape index (κ2) is 7.11. The molecule has 2 aliphatic heterocycles. The lowest BCUT2D eigenvalue weighted by molar-refractivity contribution is -0.00389. The van der Waals surface area contributed by atoms with Crippen molar-refractivity contribution >= 4 is 10.9 Å². The van der Waals surface area contributed by atoms with Crippen LogP contribution < -0.4 is 11.2 Å².